The first-order valence-electron chi connectivity index (χ1n) is 8.10. The Morgan fingerprint density at radius 1 is 1.07 bits per heavy atom. The Morgan fingerprint density at radius 2 is 1.75 bits per heavy atom. The number of rotatable bonds is 6. The maximum Gasteiger partial charge on any atom is 0.277 e. The van der Waals surface area contributed by atoms with Crippen LogP contribution in [0, 0.1) is 20.2 Å². The first kappa shape index (κ1) is 18.7. The van der Waals surface area contributed by atoms with Crippen molar-refractivity contribution in [2.24, 2.45) is 0 Å². The summed E-state index contributed by atoms with van der Waals surface area (Å²) in [6.07, 6.45) is 2.94. The molecule has 0 aliphatic rings. The van der Waals surface area contributed by atoms with E-state index in [1.807, 2.05) is 0 Å². The van der Waals surface area contributed by atoms with Crippen molar-refractivity contribution >= 4 is 23.1 Å². The number of aromatic nitrogens is 1. The van der Waals surface area contributed by atoms with Crippen LogP contribution in [0.5, 0.6) is 0 Å². The molecular formula is C18H14N4O6. The molecule has 2 heterocycles. The van der Waals surface area contributed by atoms with E-state index < -0.39 is 33.2 Å². The van der Waals surface area contributed by atoms with Crippen molar-refractivity contribution in [1.29, 1.82) is 0 Å². The first-order chi connectivity index (χ1) is 13.4. The highest BCUT2D eigenvalue weighted by Gasteiger charge is 2.29. The highest BCUT2D eigenvalue weighted by atomic mass is 16.6. The summed E-state index contributed by atoms with van der Waals surface area (Å²) in [4.78, 5) is 39.4. The van der Waals surface area contributed by atoms with Crippen molar-refractivity contribution in [3.63, 3.8) is 0 Å². The van der Waals surface area contributed by atoms with Crippen molar-refractivity contribution in [2.45, 2.75) is 13.0 Å². The molecule has 0 aliphatic carbocycles. The van der Waals surface area contributed by atoms with Gasteiger partial charge in [-0.2, -0.15) is 0 Å². The molecular weight excluding hydrogens is 368 g/mol. The molecule has 142 valence electrons. The number of furan rings is 1. The van der Waals surface area contributed by atoms with Gasteiger partial charge in [0.25, 0.3) is 17.3 Å². The van der Waals surface area contributed by atoms with Gasteiger partial charge in [-0.05, 0) is 31.2 Å². The Morgan fingerprint density at radius 3 is 2.25 bits per heavy atom. The van der Waals surface area contributed by atoms with Gasteiger partial charge in [0.2, 0.25) is 0 Å². The van der Waals surface area contributed by atoms with Gasteiger partial charge in [-0.15, -0.1) is 0 Å². The van der Waals surface area contributed by atoms with E-state index in [0.29, 0.717) is 5.76 Å². The van der Waals surface area contributed by atoms with Gasteiger partial charge in [0.1, 0.15) is 11.6 Å². The molecule has 10 nitrogen and oxygen atoms in total. The van der Waals surface area contributed by atoms with Crippen LogP contribution in [0.25, 0.3) is 0 Å². The SMILES string of the molecule is C[C@H](c1ccco1)N(C(=O)c1cc([N+](=O)[O-])cc([N+](=O)[O-])c1)c1ccccn1. The van der Waals surface area contributed by atoms with Gasteiger partial charge < -0.3 is 4.42 Å². The molecule has 0 saturated heterocycles. The summed E-state index contributed by atoms with van der Waals surface area (Å²) in [6, 6.07) is 10.4. The highest BCUT2D eigenvalue weighted by molar-refractivity contribution is 6.06. The minimum Gasteiger partial charge on any atom is -0.467 e. The number of nitrogens with zero attached hydrogens (tertiary/aromatic N) is 4. The van der Waals surface area contributed by atoms with Crippen LogP contribution in [0.15, 0.2) is 65.4 Å². The molecule has 0 bridgehead atoms. The Kier molecular flexibility index (Phi) is 5.12. The van der Waals surface area contributed by atoms with Gasteiger partial charge in [-0.1, -0.05) is 6.07 Å². The number of nitro benzene ring substituents is 2. The molecule has 0 radical (unpaired) electrons. The van der Waals surface area contributed by atoms with Crippen LogP contribution in [0.3, 0.4) is 0 Å². The molecule has 0 saturated carbocycles. The van der Waals surface area contributed by atoms with Gasteiger partial charge in [0.15, 0.2) is 0 Å². The topological polar surface area (TPSA) is 133 Å². The lowest BCUT2D eigenvalue weighted by molar-refractivity contribution is -0.394. The summed E-state index contributed by atoms with van der Waals surface area (Å²) in [5.74, 6) is 0.0406. The molecule has 0 aliphatic heterocycles. The number of hydrogen-bond donors (Lipinski definition) is 0. The summed E-state index contributed by atoms with van der Waals surface area (Å²) < 4.78 is 5.37. The van der Waals surface area contributed by atoms with E-state index in [0.717, 1.165) is 18.2 Å². The second kappa shape index (κ2) is 7.66. The van der Waals surface area contributed by atoms with Gasteiger partial charge >= 0.3 is 0 Å². The number of carbonyl (C=O) groups is 1. The van der Waals surface area contributed by atoms with E-state index in [1.54, 1.807) is 37.3 Å². The molecule has 0 N–H and O–H groups in total. The lowest BCUT2D eigenvalue weighted by atomic mass is 10.1. The number of benzene rings is 1. The molecule has 2 aromatic heterocycles. The Labute approximate surface area is 158 Å². The van der Waals surface area contributed by atoms with Crippen molar-refractivity contribution in [3.05, 3.63) is 92.5 Å². The molecule has 0 spiro atoms. The summed E-state index contributed by atoms with van der Waals surface area (Å²) in [7, 11) is 0. The predicted molar refractivity (Wildman–Crippen MR) is 97.9 cm³/mol. The van der Waals surface area contributed by atoms with E-state index in [4.69, 9.17) is 4.42 Å². The number of hydrogen-bond acceptors (Lipinski definition) is 7. The number of pyridine rings is 1. The van der Waals surface area contributed by atoms with E-state index in [1.165, 1.54) is 17.4 Å². The number of non-ortho nitro benzene ring substituents is 2. The molecule has 0 unspecified atom stereocenters. The van der Waals surface area contributed by atoms with Crippen molar-refractivity contribution in [3.8, 4) is 0 Å². The maximum absolute atomic E-state index is 13.2. The van der Waals surface area contributed by atoms with Gasteiger partial charge in [-0.25, -0.2) is 4.98 Å². The van der Waals surface area contributed by atoms with Crippen LogP contribution in [-0.2, 0) is 0 Å². The van der Waals surface area contributed by atoms with Crippen molar-refractivity contribution < 1.29 is 19.1 Å². The Hall–Kier alpha value is -4.08. The standard InChI is InChI=1S/C18H14N4O6/c1-12(16-5-4-8-28-16)20(17-6-2-3-7-19-17)18(23)13-9-14(21(24)25)11-15(10-13)22(26)27/h2-12H,1H3/t12-/m1/s1. The smallest absolute Gasteiger partial charge is 0.277 e. The third-order valence-electron chi connectivity index (χ3n) is 4.03. The zero-order valence-corrected chi connectivity index (χ0v) is 14.6. The first-order valence-corrected chi connectivity index (χ1v) is 8.10. The third kappa shape index (κ3) is 3.70. The maximum atomic E-state index is 13.2. The van der Waals surface area contributed by atoms with E-state index >= 15 is 0 Å². The number of nitro groups is 2. The second-order valence-electron chi connectivity index (χ2n) is 5.81. The number of carbonyl (C=O) groups excluding carboxylic acids is 1. The van der Waals surface area contributed by atoms with Gasteiger partial charge in [0.05, 0.1) is 33.8 Å². The Bertz CT molecular complexity index is 988. The fourth-order valence-corrected chi connectivity index (χ4v) is 2.70. The summed E-state index contributed by atoms with van der Waals surface area (Å²) in [5, 5.41) is 22.3. The fraction of sp³-hybridized carbons (Fsp3) is 0.111. The predicted octanol–water partition coefficient (Wildman–Crippen LogP) is 3.90. The molecule has 1 amide bonds. The zero-order chi connectivity index (χ0) is 20.3. The highest BCUT2D eigenvalue weighted by Crippen LogP contribution is 2.30. The van der Waals surface area contributed by atoms with E-state index in [-0.39, 0.29) is 11.4 Å². The van der Waals surface area contributed by atoms with Gasteiger partial charge in [0, 0.05) is 18.3 Å². The number of anilines is 1. The van der Waals surface area contributed by atoms with Crippen LogP contribution < -0.4 is 4.90 Å². The second-order valence-corrected chi connectivity index (χ2v) is 5.81. The van der Waals surface area contributed by atoms with E-state index in [2.05, 4.69) is 4.98 Å². The van der Waals surface area contributed by atoms with Crippen molar-refractivity contribution in [1.82, 2.24) is 4.98 Å². The quantitative estimate of drug-likeness (QED) is 0.466. The van der Waals surface area contributed by atoms with Crippen molar-refractivity contribution in [2.75, 3.05) is 4.90 Å². The summed E-state index contributed by atoms with van der Waals surface area (Å²) >= 11 is 0. The lowest BCUT2D eigenvalue weighted by Gasteiger charge is -2.27. The van der Waals surface area contributed by atoms with Crippen LogP contribution >= 0.6 is 0 Å². The minimum atomic E-state index is -0.787. The lowest BCUT2D eigenvalue weighted by Crippen LogP contribution is -2.34. The fourth-order valence-electron chi connectivity index (χ4n) is 2.70. The number of amides is 1. The molecule has 1 atom stereocenters. The monoisotopic (exact) mass is 382 g/mol. The molecule has 28 heavy (non-hydrogen) atoms. The van der Waals surface area contributed by atoms with E-state index in [9.17, 15) is 25.0 Å². The molecule has 10 heteroatoms. The largest absolute Gasteiger partial charge is 0.467 e. The summed E-state index contributed by atoms with van der Waals surface area (Å²) in [5.41, 5.74) is -1.31. The molecule has 3 aromatic rings. The zero-order valence-electron chi connectivity index (χ0n) is 14.6. The third-order valence-corrected chi connectivity index (χ3v) is 4.03. The molecule has 1 aromatic carbocycles. The molecule has 0 fully saturated rings. The Balaban J connectivity index is 2.12. The normalized spacial score (nSPS) is 11.6. The van der Waals surface area contributed by atoms with Crippen LogP contribution in [0.4, 0.5) is 17.2 Å². The van der Waals surface area contributed by atoms with Crippen LogP contribution in [0.1, 0.15) is 29.1 Å². The summed E-state index contributed by atoms with van der Waals surface area (Å²) in [6.45, 7) is 1.69. The average Bonchev–Trinajstić information content (AvgIpc) is 3.23. The van der Waals surface area contributed by atoms with Crippen LogP contribution in [0.2, 0.25) is 0 Å². The van der Waals surface area contributed by atoms with Gasteiger partial charge in [-0.3, -0.25) is 29.9 Å². The van der Waals surface area contributed by atoms with Crippen LogP contribution in [-0.4, -0.2) is 20.7 Å². The average molecular weight is 382 g/mol. The minimum absolute atomic E-state index is 0.204. The molecule has 3 rings (SSSR count).